The number of fused-ring (bicyclic) bond motifs is 1. The van der Waals surface area contributed by atoms with Crippen LogP contribution in [0, 0.1) is 23.6 Å². The third kappa shape index (κ3) is 7.99. The molecule has 1 unspecified atom stereocenters. The Labute approximate surface area is 243 Å². The van der Waals surface area contributed by atoms with Crippen LogP contribution in [-0.4, -0.2) is 40.6 Å². The summed E-state index contributed by atoms with van der Waals surface area (Å²) in [6.45, 7) is -0.669. The zero-order valence-corrected chi connectivity index (χ0v) is 23.3. The van der Waals surface area contributed by atoms with Crippen molar-refractivity contribution in [3.8, 4) is 0 Å². The van der Waals surface area contributed by atoms with Gasteiger partial charge in [-0.15, -0.1) is 0 Å². The number of ether oxygens (including phenoxy) is 1. The number of hydrogen-bond acceptors (Lipinski definition) is 4. The van der Waals surface area contributed by atoms with Crippen LogP contribution in [0.25, 0.3) is 11.0 Å². The number of nitrogens with one attached hydrogen (secondary N) is 3. The lowest BCUT2D eigenvalue weighted by molar-refractivity contribution is -0.148. The molecule has 7 nitrogen and oxygen atoms in total. The Kier molecular flexibility index (Phi) is 8.62. The highest BCUT2D eigenvalue weighted by Crippen LogP contribution is 2.54. The quantitative estimate of drug-likeness (QED) is 0.194. The highest BCUT2D eigenvalue weighted by atomic mass is 19.4. The van der Waals surface area contributed by atoms with E-state index in [1.54, 1.807) is 5.32 Å². The maximum atomic E-state index is 15.8. The van der Waals surface area contributed by atoms with Crippen LogP contribution in [0.15, 0.2) is 42.5 Å². The van der Waals surface area contributed by atoms with Gasteiger partial charge in [-0.05, 0) is 55.1 Å². The summed E-state index contributed by atoms with van der Waals surface area (Å²) < 4.78 is 88.1. The van der Waals surface area contributed by atoms with Crippen molar-refractivity contribution in [3.63, 3.8) is 0 Å². The highest BCUT2D eigenvalue weighted by Gasteiger charge is 2.48. The molecule has 2 aromatic carbocycles. The summed E-state index contributed by atoms with van der Waals surface area (Å²) in [5, 5.41) is 4.68. The number of hydrogen-bond donors (Lipinski definition) is 3. The average Bonchev–Trinajstić information content (AvgIpc) is 3.88. The van der Waals surface area contributed by atoms with E-state index in [1.165, 1.54) is 6.07 Å². The van der Waals surface area contributed by atoms with Gasteiger partial charge in [0.05, 0.1) is 30.4 Å². The van der Waals surface area contributed by atoms with Gasteiger partial charge in [0.15, 0.2) is 5.82 Å². The minimum Gasteiger partial charge on any atom is -0.445 e. The minimum atomic E-state index is -4.88. The van der Waals surface area contributed by atoms with Crippen LogP contribution < -0.4 is 10.6 Å². The van der Waals surface area contributed by atoms with Gasteiger partial charge in [-0.3, -0.25) is 4.79 Å². The zero-order valence-electron chi connectivity index (χ0n) is 23.3. The average molecular weight is 611 g/mol. The molecular formula is C30H32F6N4O3. The molecular weight excluding hydrogens is 578 g/mol. The topological polar surface area (TPSA) is 96.1 Å². The van der Waals surface area contributed by atoms with Gasteiger partial charge in [0.2, 0.25) is 5.91 Å². The number of H-pyrrole nitrogens is 1. The molecule has 2 aliphatic carbocycles. The van der Waals surface area contributed by atoms with Gasteiger partial charge < -0.3 is 20.4 Å². The Morgan fingerprint density at radius 2 is 1.67 bits per heavy atom. The zero-order chi connectivity index (χ0) is 30.9. The van der Waals surface area contributed by atoms with Crippen molar-refractivity contribution in [2.45, 2.75) is 69.7 Å². The second-order valence-corrected chi connectivity index (χ2v) is 11.6. The molecule has 1 aromatic heterocycles. The molecule has 43 heavy (non-hydrogen) atoms. The lowest BCUT2D eigenvalue weighted by Gasteiger charge is -2.26. The van der Waals surface area contributed by atoms with Crippen molar-refractivity contribution < 1.29 is 40.7 Å². The summed E-state index contributed by atoms with van der Waals surface area (Å²) in [6.07, 6.45) is -3.49. The molecule has 2 fully saturated rings. The first-order chi connectivity index (χ1) is 20.3. The molecule has 1 heterocycles. The molecule has 2 atom stereocenters. The SMILES string of the molecule is CC(F)(F)CNC(=O)C(CC(F)(F)F)c1ccc2[nH]c([C@@H](NC(=O)OCc3ccccc3)C(C3CC3)C3CC3)nc2c1F. The summed E-state index contributed by atoms with van der Waals surface area (Å²) in [5.74, 6) is -7.19. The van der Waals surface area contributed by atoms with Crippen molar-refractivity contribution in [1.82, 2.24) is 20.6 Å². The van der Waals surface area contributed by atoms with Crippen LogP contribution >= 0.6 is 0 Å². The third-order valence-electron chi connectivity index (χ3n) is 7.84. The van der Waals surface area contributed by atoms with E-state index in [0.717, 1.165) is 37.3 Å². The summed E-state index contributed by atoms with van der Waals surface area (Å²) in [7, 11) is 0. The molecule has 13 heteroatoms. The molecule has 3 aromatic rings. The van der Waals surface area contributed by atoms with E-state index in [2.05, 4.69) is 15.3 Å². The molecule has 2 saturated carbocycles. The fourth-order valence-electron chi connectivity index (χ4n) is 5.56. The number of alkyl carbamates (subject to hydrolysis) is 1. The van der Waals surface area contributed by atoms with Crippen LogP contribution in [0.4, 0.5) is 31.1 Å². The molecule has 0 bridgehead atoms. The van der Waals surface area contributed by atoms with E-state index in [1.807, 2.05) is 30.3 Å². The molecule has 232 valence electrons. The number of amides is 2. The van der Waals surface area contributed by atoms with E-state index in [-0.39, 0.29) is 29.4 Å². The number of imidazole rings is 1. The normalized spacial score (nSPS) is 17.1. The van der Waals surface area contributed by atoms with Crippen molar-refractivity contribution in [1.29, 1.82) is 0 Å². The fraction of sp³-hybridized carbons (Fsp3) is 0.500. The molecule has 0 spiro atoms. The minimum absolute atomic E-state index is 0.00756. The molecule has 0 radical (unpaired) electrons. The van der Waals surface area contributed by atoms with Gasteiger partial charge in [-0.2, -0.15) is 13.2 Å². The largest absolute Gasteiger partial charge is 0.445 e. The molecule has 3 N–H and O–H groups in total. The second-order valence-electron chi connectivity index (χ2n) is 11.6. The monoisotopic (exact) mass is 610 g/mol. The molecule has 2 amide bonds. The van der Waals surface area contributed by atoms with Gasteiger partial charge >= 0.3 is 12.3 Å². The Morgan fingerprint density at radius 3 is 2.26 bits per heavy atom. The van der Waals surface area contributed by atoms with E-state index in [9.17, 15) is 31.5 Å². The van der Waals surface area contributed by atoms with Gasteiger partial charge in [0.1, 0.15) is 17.9 Å². The number of halogens is 6. The van der Waals surface area contributed by atoms with Gasteiger partial charge in [-0.1, -0.05) is 36.4 Å². The summed E-state index contributed by atoms with van der Waals surface area (Å²) >= 11 is 0. The second kappa shape index (κ2) is 12.1. The number of nitrogens with zero attached hydrogens (tertiary/aromatic N) is 1. The Bertz CT molecular complexity index is 1440. The predicted molar refractivity (Wildman–Crippen MR) is 145 cm³/mol. The number of alkyl halides is 5. The Balaban J connectivity index is 1.44. The number of rotatable bonds is 12. The Morgan fingerprint density at radius 1 is 1.02 bits per heavy atom. The smallest absolute Gasteiger partial charge is 0.408 e. The van der Waals surface area contributed by atoms with E-state index in [4.69, 9.17) is 4.74 Å². The van der Waals surface area contributed by atoms with Crippen LogP contribution in [-0.2, 0) is 16.1 Å². The van der Waals surface area contributed by atoms with Crippen molar-refractivity contribution >= 4 is 23.0 Å². The van der Waals surface area contributed by atoms with Crippen molar-refractivity contribution in [2.75, 3.05) is 6.54 Å². The van der Waals surface area contributed by atoms with Crippen molar-refractivity contribution in [2.24, 2.45) is 17.8 Å². The third-order valence-corrected chi connectivity index (χ3v) is 7.84. The maximum absolute atomic E-state index is 15.8. The van der Waals surface area contributed by atoms with E-state index >= 15 is 4.39 Å². The van der Waals surface area contributed by atoms with Gasteiger partial charge in [0.25, 0.3) is 5.92 Å². The van der Waals surface area contributed by atoms with Gasteiger partial charge in [-0.25, -0.2) is 22.9 Å². The summed E-state index contributed by atoms with van der Waals surface area (Å²) in [4.78, 5) is 32.9. The lowest BCUT2D eigenvalue weighted by atomic mass is 9.89. The summed E-state index contributed by atoms with van der Waals surface area (Å²) in [6, 6.07) is 10.7. The van der Waals surface area contributed by atoms with Crippen LogP contribution in [0.3, 0.4) is 0 Å². The number of carbonyl (C=O) groups excluding carboxylic acids is 2. The van der Waals surface area contributed by atoms with E-state index in [0.29, 0.717) is 18.8 Å². The van der Waals surface area contributed by atoms with Crippen LogP contribution in [0.5, 0.6) is 0 Å². The summed E-state index contributed by atoms with van der Waals surface area (Å²) in [5.41, 5.74) is 0.00138. The maximum Gasteiger partial charge on any atom is 0.408 e. The molecule has 0 saturated heterocycles. The number of aromatic amines is 1. The van der Waals surface area contributed by atoms with E-state index < -0.39 is 60.4 Å². The predicted octanol–water partition coefficient (Wildman–Crippen LogP) is 6.91. The molecule has 2 aliphatic rings. The first-order valence-corrected chi connectivity index (χ1v) is 14.2. The first-order valence-electron chi connectivity index (χ1n) is 14.2. The van der Waals surface area contributed by atoms with Crippen LogP contribution in [0.2, 0.25) is 0 Å². The number of benzene rings is 2. The van der Waals surface area contributed by atoms with Gasteiger partial charge in [0, 0.05) is 12.5 Å². The number of aromatic nitrogens is 2. The lowest BCUT2D eigenvalue weighted by Crippen LogP contribution is -2.39. The molecule has 5 rings (SSSR count). The van der Waals surface area contributed by atoms with Crippen molar-refractivity contribution in [3.05, 3.63) is 65.2 Å². The highest BCUT2D eigenvalue weighted by molar-refractivity contribution is 5.86. The van der Waals surface area contributed by atoms with Crippen LogP contribution in [0.1, 0.15) is 67.9 Å². The molecule has 0 aliphatic heterocycles. The standard InChI is InChI=1S/C30H32F6N4O3/c1-29(32,33)15-37-27(41)20(13-30(34,35)36)19-11-12-21-24(23(19)31)39-26(38-21)25(22(17-7-8-17)18-9-10-18)40-28(42)43-14-16-5-3-2-4-6-16/h2-6,11-12,17-18,20,22,25H,7-10,13-15H2,1H3,(H,37,41)(H,38,39)(H,40,42)/t20?,25-/m0/s1. The first kappa shape index (κ1) is 30.7. The Hall–Kier alpha value is -3.77. The fourth-order valence-corrected chi connectivity index (χ4v) is 5.56. The number of carbonyl (C=O) groups is 2.